The van der Waals surface area contributed by atoms with E-state index in [0.29, 0.717) is 18.8 Å². The lowest BCUT2D eigenvalue weighted by molar-refractivity contribution is -0.0907. The maximum Gasteiger partial charge on any atom is 0.407 e. The number of alkyl carbamates (subject to hydrolysis) is 1. The van der Waals surface area contributed by atoms with E-state index in [0.717, 1.165) is 12.0 Å². The molecule has 4 rings (SSSR count). The van der Waals surface area contributed by atoms with Crippen LogP contribution in [0.4, 0.5) is 4.79 Å². The van der Waals surface area contributed by atoms with Gasteiger partial charge in [-0.3, -0.25) is 0 Å². The molecule has 3 N–H and O–H groups in total. The average molecular weight is 592 g/mol. The molecule has 226 valence electrons. The van der Waals surface area contributed by atoms with Gasteiger partial charge in [0.25, 0.3) is 0 Å². The van der Waals surface area contributed by atoms with Crippen LogP contribution in [0.2, 0.25) is 0 Å². The zero-order valence-corrected chi connectivity index (χ0v) is 24.8. The van der Waals surface area contributed by atoms with E-state index in [-0.39, 0.29) is 48.5 Å². The Bertz CT molecular complexity index is 1260. The van der Waals surface area contributed by atoms with Crippen molar-refractivity contribution in [3.05, 3.63) is 54.1 Å². The fraction of sp³-hybridized carbons (Fsp3) is 0.552. The van der Waals surface area contributed by atoms with Gasteiger partial charge in [0, 0.05) is 25.2 Å². The van der Waals surface area contributed by atoms with Crippen LogP contribution in [0.25, 0.3) is 0 Å². The highest BCUT2D eigenvalue weighted by Gasteiger charge is 2.44. The molecule has 1 amide bonds. The minimum atomic E-state index is -4.06. The van der Waals surface area contributed by atoms with E-state index in [9.17, 15) is 13.2 Å². The molecule has 2 fully saturated rings. The quantitative estimate of drug-likeness (QED) is 0.360. The van der Waals surface area contributed by atoms with E-state index in [1.807, 2.05) is 44.2 Å². The highest BCUT2D eigenvalue weighted by Crippen LogP contribution is 2.33. The van der Waals surface area contributed by atoms with E-state index in [2.05, 4.69) is 5.32 Å². The zero-order valence-electron chi connectivity index (χ0n) is 24.0. The molecule has 0 saturated carbocycles. The number of carbonyl (C=O) groups is 1. The molecule has 11 nitrogen and oxygen atoms in total. The lowest BCUT2D eigenvalue weighted by Crippen LogP contribution is -2.55. The van der Waals surface area contributed by atoms with Crippen molar-refractivity contribution >= 4 is 16.1 Å². The van der Waals surface area contributed by atoms with Crippen LogP contribution in [-0.2, 0) is 30.7 Å². The summed E-state index contributed by atoms with van der Waals surface area (Å²) in [4.78, 5) is 13.1. The maximum absolute atomic E-state index is 14.0. The molecule has 41 heavy (non-hydrogen) atoms. The minimum Gasteiger partial charge on any atom is -0.497 e. The van der Waals surface area contributed by atoms with Crippen molar-refractivity contribution in [1.29, 1.82) is 0 Å². The Hall–Kier alpha value is -2.90. The molecule has 2 heterocycles. The number of nitrogens with one attached hydrogen (secondary N) is 1. The van der Waals surface area contributed by atoms with Gasteiger partial charge in [0.2, 0.25) is 10.0 Å². The first kappa shape index (κ1) is 31.0. The first-order valence-corrected chi connectivity index (χ1v) is 15.3. The molecule has 0 aromatic heterocycles. The first-order valence-electron chi connectivity index (χ1n) is 13.8. The van der Waals surface area contributed by atoms with Crippen molar-refractivity contribution in [1.82, 2.24) is 9.62 Å². The number of sulfonamides is 1. The second kappa shape index (κ2) is 13.8. The molecule has 2 aliphatic rings. The smallest absolute Gasteiger partial charge is 0.407 e. The third-order valence-electron chi connectivity index (χ3n) is 7.33. The van der Waals surface area contributed by atoms with Crippen molar-refractivity contribution in [2.45, 2.75) is 56.1 Å². The van der Waals surface area contributed by atoms with E-state index in [4.69, 9.17) is 29.4 Å². The lowest BCUT2D eigenvalue weighted by Gasteiger charge is -2.32. The third kappa shape index (κ3) is 7.69. The molecule has 0 radical (unpaired) electrons. The molecule has 2 aromatic carbocycles. The second-order valence-corrected chi connectivity index (χ2v) is 12.7. The molecular formula is C29H41N3O8S. The Morgan fingerprint density at radius 2 is 1.85 bits per heavy atom. The Morgan fingerprint density at radius 3 is 2.54 bits per heavy atom. The molecule has 2 saturated heterocycles. The van der Waals surface area contributed by atoms with Crippen LogP contribution in [-0.4, -0.2) is 83.8 Å². The fourth-order valence-electron chi connectivity index (χ4n) is 5.21. The Morgan fingerprint density at radius 1 is 1.10 bits per heavy atom. The number of carbonyl (C=O) groups excluding carboxylic acids is 1. The predicted molar refractivity (Wildman–Crippen MR) is 152 cm³/mol. The minimum absolute atomic E-state index is 0.00279. The first-order chi connectivity index (χ1) is 19.6. The number of nitrogens with zero attached hydrogens (tertiary/aromatic N) is 1. The molecule has 5 atom stereocenters. The van der Waals surface area contributed by atoms with Crippen LogP contribution in [0, 0.1) is 11.8 Å². The van der Waals surface area contributed by atoms with Gasteiger partial charge in [0.1, 0.15) is 22.5 Å². The van der Waals surface area contributed by atoms with Crippen molar-refractivity contribution in [2.24, 2.45) is 17.6 Å². The SMILES string of the molecule is COc1ccc(OC)c(S(=O)(=O)N(CC(C)C)C[C@@H](N)[C@H](Cc2ccccc2)NC(=O)O[C@H]2CO[C@H]3OCC[C@H]32)c1. The number of nitrogens with two attached hydrogens (primary N) is 1. The van der Waals surface area contributed by atoms with Gasteiger partial charge in [0.15, 0.2) is 6.29 Å². The summed E-state index contributed by atoms with van der Waals surface area (Å²) in [6, 6.07) is 12.8. The number of hydrogen-bond acceptors (Lipinski definition) is 9. The number of benzene rings is 2. The highest BCUT2D eigenvalue weighted by molar-refractivity contribution is 7.89. The monoisotopic (exact) mass is 591 g/mol. The second-order valence-electron chi connectivity index (χ2n) is 10.8. The summed E-state index contributed by atoms with van der Waals surface area (Å²) in [5.74, 6) is 0.577. The van der Waals surface area contributed by atoms with Crippen molar-refractivity contribution < 1.29 is 36.9 Å². The highest BCUT2D eigenvalue weighted by atomic mass is 32.2. The summed E-state index contributed by atoms with van der Waals surface area (Å²) in [5.41, 5.74) is 7.65. The van der Waals surface area contributed by atoms with Gasteiger partial charge < -0.3 is 34.7 Å². The maximum atomic E-state index is 14.0. The number of methoxy groups -OCH3 is 2. The van der Waals surface area contributed by atoms with Crippen LogP contribution in [0.5, 0.6) is 11.5 Å². The standard InChI is InChI=1S/C29H41N3O8S/c1-19(2)16-32(41(34,35)27-15-21(36-3)10-11-25(27)37-4)17-23(30)24(14-20-8-6-5-7-9-20)31-29(33)40-26-18-39-28-22(26)12-13-38-28/h5-11,15,19,22-24,26,28H,12-14,16-18,30H2,1-4H3,(H,31,33)/t22-,23+,24-,26-,28+/m0/s1. The molecule has 0 aliphatic carbocycles. The average Bonchev–Trinajstić information content (AvgIpc) is 3.57. The van der Waals surface area contributed by atoms with Crippen molar-refractivity contribution in [3.8, 4) is 11.5 Å². The molecule has 12 heteroatoms. The normalized spacial score (nSPS) is 21.9. The molecule has 0 spiro atoms. The van der Waals surface area contributed by atoms with Gasteiger partial charge >= 0.3 is 6.09 Å². The molecule has 0 unspecified atom stereocenters. The summed E-state index contributed by atoms with van der Waals surface area (Å²) < 4.78 is 56.8. The van der Waals surface area contributed by atoms with Gasteiger partial charge in [-0.15, -0.1) is 0 Å². The number of ether oxygens (including phenoxy) is 5. The van der Waals surface area contributed by atoms with Crippen molar-refractivity contribution in [3.63, 3.8) is 0 Å². The molecule has 0 bridgehead atoms. The number of hydrogen-bond donors (Lipinski definition) is 2. The summed E-state index contributed by atoms with van der Waals surface area (Å²) in [6.07, 6.45) is -0.264. The predicted octanol–water partition coefficient (Wildman–Crippen LogP) is 2.78. The fourth-order valence-corrected chi connectivity index (χ4v) is 7.02. The van der Waals surface area contributed by atoms with Gasteiger partial charge in [0.05, 0.1) is 39.4 Å². The van der Waals surface area contributed by atoms with Crippen molar-refractivity contribution in [2.75, 3.05) is 40.5 Å². The molecular weight excluding hydrogens is 550 g/mol. The number of fused-ring (bicyclic) bond motifs is 1. The van der Waals surface area contributed by atoms with Crippen LogP contribution in [0.3, 0.4) is 0 Å². The van der Waals surface area contributed by atoms with Gasteiger partial charge in [-0.05, 0) is 36.5 Å². The summed E-state index contributed by atoms with van der Waals surface area (Å²) in [7, 11) is -1.17. The Balaban J connectivity index is 1.56. The van der Waals surface area contributed by atoms with Gasteiger partial charge in [-0.1, -0.05) is 44.2 Å². The zero-order chi connectivity index (χ0) is 29.6. The largest absolute Gasteiger partial charge is 0.497 e. The van der Waals surface area contributed by atoms with Crippen LogP contribution in [0.15, 0.2) is 53.4 Å². The van der Waals surface area contributed by atoms with E-state index in [1.54, 1.807) is 12.1 Å². The lowest BCUT2D eigenvalue weighted by atomic mass is 9.99. The van der Waals surface area contributed by atoms with Crippen LogP contribution < -0.4 is 20.5 Å². The summed E-state index contributed by atoms with van der Waals surface area (Å²) >= 11 is 0. The van der Waals surface area contributed by atoms with Gasteiger partial charge in [-0.2, -0.15) is 4.31 Å². The van der Waals surface area contributed by atoms with E-state index >= 15 is 0 Å². The molecule has 2 aliphatic heterocycles. The molecule has 2 aromatic rings. The van der Waals surface area contributed by atoms with E-state index < -0.39 is 34.3 Å². The third-order valence-corrected chi connectivity index (χ3v) is 9.19. The summed E-state index contributed by atoms with van der Waals surface area (Å²) in [6.45, 7) is 4.85. The summed E-state index contributed by atoms with van der Waals surface area (Å²) in [5, 5.41) is 2.91. The Labute approximate surface area is 242 Å². The Kier molecular flexibility index (Phi) is 10.5. The number of rotatable bonds is 13. The van der Waals surface area contributed by atoms with E-state index in [1.165, 1.54) is 24.6 Å². The van der Waals surface area contributed by atoms with Crippen LogP contribution >= 0.6 is 0 Å². The topological polar surface area (TPSA) is 139 Å². The van der Waals surface area contributed by atoms with Crippen LogP contribution in [0.1, 0.15) is 25.8 Å². The number of amides is 1. The van der Waals surface area contributed by atoms with Gasteiger partial charge in [-0.25, -0.2) is 13.2 Å².